The third-order valence-electron chi connectivity index (χ3n) is 2.76. The van der Waals surface area contributed by atoms with Gasteiger partial charge in [-0.05, 0) is 37.5 Å². The molecule has 1 aromatic carbocycles. The number of amides is 1. The molecule has 0 unspecified atom stereocenters. The van der Waals surface area contributed by atoms with Crippen molar-refractivity contribution in [2.45, 2.75) is 27.7 Å². The van der Waals surface area contributed by atoms with Crippen LogP contribution in [0.5, 0.6) is 0 Å². The predicted octanol–water partition coefficient (Wildman–Crippen LogP) is 3.15. The second kappa shape index (κ2) is 6.43. The van der Waals surface area contributed by atoms with Crippen LogP contribution >= 0.6 is 0 Å². The Balaban J connectivity index is 2.97. The molecule has 3 nitrogen and oxygen atoms in total. The molecule has 0 aliphatic rings. The van der Waals surface area contributed by atoms with Gasteiger partial charge in [-0.1, -0.05) is 19.9 Å². The first-order valence-corrected chi connectivity index (χ1v) is 6.55. The molecule has 0 bridgehead atoms. The Labute approximate surface area is 110 Å². The zero-order valence-electron chi connectivity index (χ0n) is 12.1. The maximum absolute atomic E-state index is 12.4. The summed E-state index contributed by atoms with van der Waals surface area (Å²) in [7, 11) is 1.86. The van der Waals surface area contributed by atoms with E-state index in [1.165, 1.54) is 0 Å². The molecule has 1 aromatic rings. The van der Waals surface area contributed by atoms with Crippen LogP contribution < -0.4 is 5.32 Å². The van der Waals surface area contributed by atoms with Gasteiger partial charge in [-0.15, -0.1) is 0 Å². The highest BCUT2D eigenvalue weighted by Crippen LogP contribution is 2.19. The number of carbonyl (C=O) groups excluding carboxylic acids is 1. The Morgan fingerprint density at radius 1 is 1.39 bits per heavy atom. The molecule has 1 N–H and O–H groups in total. The molecular weight excluding hydrogens is 224 g/mol. The van der Waals surface area contributed by atoms with E-state index in [9.17, 15) is 4.79 Å². The quantitative estimate of drug-likeness (QED) is 0.868. The normalized spacial score (nSPS) is 10.6. The molecule has 0 aliphatic carbocycles. The van der Waals surface area contributed by atoms with Gasteiger partial charge in [0.1, 0.15) is 0 Å². The molecule has 0 aliphatic heterocycles. The molecule has 0 radical (unpaired) electrons. The average Bonchev–Trinajstić information content (AvgIpc) is 2.28. The number of hydrogen-bond donors (Lipinski definition) is 1. The lowest BCUT2D eigenvalue weighted by molar-refractivity contribution is 0.0780. The van der Waals surface area contributed by atoms with E-state index >= 15 is 0 Å². The monoisotopic (exact) mass is 248 g/mol. The number of nitrogens with zero attached hydrogens (tertiary/aromatic N) is 1. The van der Waals surface area contributed by atoms with Crippen LogP contribution in [0.2, 0.25) is 0 Å². The zero-order chi connectivity index (χ0) is 13.7. The number of anilines is 1. The molecule has 0 spiro atoms. The van der Waals surface area contributed by atoms with Crippen molar-refractivity contribution in [2.75, 3.05) is 25.5 Å². The van der Waals surface area contributed by atoms with E-state index in [0.29, 0.717) is 5.92 Å². The van der Waals surface area contributed by atoms with Gasteiger partial charge in [-0.25, -0.2) is 0 Å². The minimum Gasteiger partial charge on any atom is -0.385 e. The second-order valence-electron chi connectivity index (χ2n) is 5.16. The van der Waals surface area contributed by atoms with Gasteiger partial charge >= 0.3 is 0 Å². The van der Waals surface area contributed by atoms with Crippen LogP contribution in [-0.2, 0) is 0 Å². The summed E-state index contributed by atoms with van der Waals surface area (Å²) < 4.78 is 0. The molecule has 1 rings (SSSR count). The first kappa shape index (κ1) is 14.6. The number of carbonyl (C=O) groups is 1. The van der Waals surface area contributed by atoms with Crippen molar-refractivity contribution < 1.29 is 4.79 Å². The summed E-state index contributed by atoms with van der Waals surface area (Å²) in [5, 5.41) is 3.26. The number of rotatable bonds is 5. The lowest BCUT2D eigenvalue weighted by Crippen LogP contribution is -2.30. The fourth-order valence-corrected chi connectivity index (χ4v) is 2.02. The predicted molar refractivity (Wildman–Crippen MR) is 77.1 cm³/mol. The van der Waals surface area contributed by atoms with E-state index in [0.717, 1.165) is 29.9 Å². The van der Waals surface area contributed by atoms with Crippen LogP contribution in [0.1, 0.15) is 36.7 Å². The van der Waals surface area contributed by atoms with E-state index in [1.807, 2.05) is 39.1 Å². The third kappa shape index (κ3) is 3.76. The average molecular weight is 248 g/mol. The number of benzene rings is 1. The minimum absolute atomic E-state index is 0.0830. The fraction of sp³-hybridized carbons (Fsp3) is 0.533. The molecular formula is C15H24N2O. The molecule has 0 aromatic heterocycles. The van der Waals surface area contributed by atoms with Gasteiger partial charge in [0.25, 0.3) is 5.91 Å². The number of aryl methyl sites for hydroxylation is 1. The summed E-state index contributed by atoms with van der Waals surface area (Å²) in [6.07, 6.45) is 0. The highest BCUT2D eigenvalue weighted by atomic mass is 16.2. The van der Waals surface area contributed by atoms with Crippen LogP contribution in [0, 0.1) is 12.8 Å². The summed E-state index contributed by atoms with van der Waals surface area (Å²) in [6, 6.07) is 5.92. The standard InChI is InChI=1S/C15H24N2O/c1-6-16-14-9-12(4)7-8-13(14)15(18)17(5)10-11(2)3/h7-9,11,16H,6,10H2,1-5H3. The molecule has 0 saturated carbocycles. The second-order valence-corrected chi connectivity index (χ2v) is 5.16. The van der Waals surface area contributed by atoms with Crippen molar-refractivity contribution in [3.8, 4) is 0 Å². The number of nitrogens with one attached hydrogen (secondary N) is 1. The minimum atomic E-state index is 0.0830. The van der Waals surface area contributed by atoms with Gasteiger partial charge in [-0.3, -0.25) is 4.79 Å². The molecule has 0 saturated heterocycles. The van der Waals surface area contributed by atoms with E-state index in [-0.39, 0.29) is 5.91 Å². The van der Waals surface area contributed by atoms with E-state index in [4.69, 9.17) is 0 Å². The van der Waals surface area contributed by atoms with Crippen molar-refractivity contribution >= 4 is 11.6 Å². The molecule has 1 amide bonds. The summed E-state index contributed by atoms with van der Waals surface area (Å²) in [4.78, 5) is 14.2. The molecule has 100 valence electrons. The highest BCUT2D eigenvalue weighted by molar-refractivity contribution is 5.99. The van der Waals surface area contributed by atoms with Crippen molar-refractivity contribution in [3.63, 3.8) is 0 Å². The summed E-state index contributed by atoms with van der Waals surface area (Å²) in [5.41, 5.74) is 2.85. The Morgan fingerprint density at radius 2 is 2.06 bits per heavy atom. The van der Waals surface area contributed by atoms with E-state index < -0.39 is 0 Å². The first-order chi connectivity index (χ1) is 8.45. The van der Waals surface area contributed by atoms with Crippen LogP contribution in [-0.4, -0.2) is 30.9 Å². The van der Waals surface area contributed by atoms with E-state index in [2.05, 4.69) is 19.2 Å². The zero-order valence-corrected chi connectivity index (χ0v) is 12.1. The van der Waals surface area contributed by atoms with Crippen LogP contribution in [0.15, 0.2) is 18.2 Å². The van der Waals surface area contributed by atoms with Crippen molar-refractivity contribution in [3.05, 3.63) is 29.3 Å². The molecule has 18 heavy (non-hydrogen) atoms. The molecule has 0 atom stereocenters. The van der Waals surface area contributed by atoms with Gasteiger partial charge in [0.05, 0.1) is 5.56 Å². The lowest BCUT2D eigenvalue weighted by Gasteiger charge is -2.21. The largest absolute Gasteiger partial charge is 0.385 e. The SMILES string of the molecule is CCNc1cc(C)ccc1C(=O)N(C)CC(C)C. The Hall–Kier alpha value is -1.51. The Kier molecular flexibility index (Phi) is 5.20. The number of hydrogen-bond acceptors (Lipinski definition) is 2. The topological polar surface area (TPSA) is 32.3 Å². The lowest BCUT2D eigenvalue weighted by atomic mass is 10.1. The van der Waals surface area contributed by atoms with Crippen LogP contribution in [0.4, 0.5) is 5.69 Å². The van der Waals surface area contributed by atoms with E-state index in [1.54, 1.807) is 4.90 Å². The summed E-state index contributed by atoms with van der Waals surface area (Å²) in [6.45, 7) is 9.89. The molecule has 0 fully saturated rings. The first-order valence-electron chi connectivity index (χ1n) is 6.55. The van der Waals surface area contributed by atoms with Gasteiger partial charge in [0, 0.05) is 25.8 Å². The smallest absolute Gasteiger partial charge is 0.255 e. The van der Waals surface area contributed by atoms with Crippen LogP contribution in [0.25, 0.3) is 0 Å². The van der Waals surface area contributed by atoms with Crippen molar-refractivity contribution in [2.24, 2.45) is 5.92 Å². The highest BCUT2D eigenvalue weighted by Gasteiger charge is 2.16. The van der Waals surface area contributed by atoms with Gasteiger partial charge < -0.3 is 10.2 Å². The summed E-state index contributed by atoms with van der Waals surface area (Å²) in [5.74, 6) is 0.562. The maximum Gasteiger partial charge on any atom is 0.255 e. The van der Waals surface area contributed by atoms with Gasteiger partial charge in [0.15, 0.2) is 0 Å². The summed E-state index contributed by atoms with van der Waals surface area (Å²) >= 11 is 0. The Morgan fingerprint density at radius 3 is 2.61 bits per heavy atom. The van der Waals surface area contributed by atoms with Crippen molar-refractivity contribution in [1.29, 1.82) is 0 Å². The molecule has 3 heteroatoms. The van der Waals surface area contributed by atoms with Gasteiger partial charge in [-0.2, -0.15) is 0 Å². The van der Waals surface area contributed by atoms with Crippen molar-refractivity contribution in [1.82, 2.24) is 4.90 Å². The van der Waals surface area contributed by atoms with Crippen LogP contribution in [0.3, 0.4) is 0 Å². The van der Waals surface area contributed by atoms with Gasteiger partial charge in [0.2, 0.25) is 0 Å². The third-order valence-corrected chi connectivity index (χ3v) is 2.76. The fourth-order valence-electron chi connectivity index (χ4n) is 2.02. The Bertz CT molecular complexity index is 413. The maximum atomic E-state index is 12.4. The molecule has 0 heterocycles.